The first-order chi connectivity index (χ1) is 11.1. The van der Waals surface area contributed by atoms with E-state index in [0.717, 1.165) is 11.3 Å². The number of rotatable bonds is 6. The number of hydrogen-bond donors (Lipinski definition) is 1. The number of nitrogens with one attached hydrogen (secondary N) is 1. The van der Waals surface area contributed by atoms with Crippen LogP contribution in [0.25, 0.3) is 0 Å². The third-order valence-corrected chi connectivity index (χ3v) is 6.70. The van der Waals surface area contributed by atoms with E-state index in [1.54, 1.807) is 29.6 Å². The summed E-state index contributed by atoms with van der Waals surface area (Å²) in [6, 6.07) is 9.48. The SMILES string of the molecule is O=C(NC[C@H](c1ccco1)S(=O)(=O)c1cccs1)c1ccco1. The van der Waals surface area contributed by atoms with Crippen molar-refractivity contribution in [2.45, 2.75) is 9.46 Å². The molecule has 0 aliphatic heterocycles. The normalized spacial score (nSPS) is 12.9. The van der Waals surface area contributed by atoms with E-state index in [4.69, 9.17) is 8.83 Å². The van der Waals surface area contributed by atoms with E-state index in [9.17, 15) is 13.2 Å². The second kappa shape index (κ2) is 6.43. The highest BCUT2D eigenvalue weighted by Crippen LogP contribution is 2.31. The molecule has 0 unspecified atom stereocenters. The molecule has 3 rings (SSSR count). The zero-order valence-corrected chi connectivity index (χ0v) is 13.5. The average Bonchev–Trinajstić information content (AvgIpc) is 3.27. The fourth-order valence-electron chi connectivity index (χ4n) is 2.08. The van der Waals surface area contributed by atoms with Crippen molar-refractivity contribution in [1.29, 1.82) is 0 Å². The molecule has 0 aliphatic carbocycles. The van der Waals surface area contributed by atoms with Gasteiger partial charge in [-0.15, -0.1) is 11.3 Å². The van der Waals surface area contributed by atoms with E-state index >= 15 is 0 Å². The van der Waals surface area contributed by atoms with E-state index in [0.29, 0.717) is 0 Å². The topological polar surface area (TPSA) is 89.5 Å². The Morgan fingerprint density at radius 3 is 2.52 bits per heavy atom. The standard InChI is InChI=1S/C15H13NO5S2/c17-15(12-5-2-8-21-12)16-10-13(11-4-1-7-20-11)23(18,19)14-6-3-9-22-14/h1-9,13H,10H2,(H,16,17)/t13-/m1/s1. The number of sulfone groups is 1. The monoisotopic (exact) mass is 351 g/mol. The fraction of sp³-hybridized carbons (Fsp3) is 0.133. The average molecular weight is 351 g/mol. The lowest BCUT2D eigenvalue weighted by molar-refractivity contribution is 0.0925. The maximum absolute atomic E-state index is 12.8. The van der Waals surface area contributed by atoms with Crippen LogP contribution in [-0.4, -0.2) is 20.9 Å². The summed E-state index contributed by atoms with van der Waals surface area (Å²) in [4.78, 5) is 12.0. The van der Waals surface area contributed by atoms with Gasteiger partial charge in [0.25, 0.3) is 5.91 Å². The van der Waals surface area contributed by atoms with Crippen LogP contribution in [0.15, 0.2) is 67.3 Å². The Bertz CT molecular complexity index is 849. The summed E-state index contributed by atoms with van der Waals surface area (Å²) in [5, 5.41) is 3.26. The predicted molar refractivity (Wildman–Crippen MR) is 84.0 cm³/mol. The van der Waals surface area contributed by atoms with Gasteiger partial charge in [-0.2, -0.15) is 0 Å². The molecule has 0 saturated carbocycles. The van der Waals surface area contributed by atoms with Crippen LogP contribution in [0.2, 0.25) is 0 Å². The molecule has 3 heterocycles. The van der Waals surface area contributed by atoms with Gasteiger partial charge in [0.2, 0.25) is 0 Å². The molecule has 6 nitrogen and oxygen atoms in total. The quantitative estimate of drug-likeness (QED) is 0.737. The van der Waals surface area contributed by atoms with Crippen LogP contribution in [0.1, 0.15) is 21.6 Å². The highest BCUT2D eigenvalue weighted by atomic mass is 32.2. The van der Waals surface area contributed by atoms with Crippen molar-refractivity contribution < 1.29 is 22.0 Å². The maximum atomic E-state index is 12.8. The number of furan rings is 2. The smallest absolute Gasteiger partial charge is 0.287 e. The van der Waals surface area contributed by atoms with Crippen molar-refractivity contribution in [1.82, 2.24) is 5.32 Å². The van der Waals surface area contributed by atoms with Crippen LogP contribution in [-0.2, 0) is 9.84 Å². The molecular formula is C15H13NO5S2. The van der Waals surface area contributed by atoms with Crippen molar-refractivity contribution in [2.24, 2.45) is 0 Å². The lowest BCUT2D eigenvalue weighted by atomic mass is 10.3. The van der Waals surface area contributed by atoms with Gasteiger partial charge in [-0.25, -0.2) is 8.42 Å². The van der Waals surface area contributed by atoms with Gasteiger partial charge in [-0.05, 0) is 35.7 Å². The van der Waals surface area contributed by atoms with Gasteiger partial charge < -0.3 is 14.2 Å². The van der Waals surface area contributed by atoms with E-state index in [1.807, 2.05) is 0 Å². The van der Waals surface area contributed by atoms with Crippen molar-refractivity contribution in [3.05, 3.63) is 65.8 Å². The zero-order valence-electron chi connectivity index (χ0n) is 11.8. The molecule has 8 heteroatoms. The second-order valence-electron chi connectivity index (χ2n) is 4.67. The molecule has 0 aromatic carbocycles. The number of amides is 1. The summed E-state index contributed by atoms with van der Waals surface area (Å²) in [5.41, 5.74) is 0. The van der Waals surface area contributed by atoms with Crippen LogP contribution in [0.5, 0.6) is 0 Å². The molecule has 120 valence electrons. The minimum atomic E-state index is -3.67. The molecule has 0 spiro atoms. The van der Waals surface area contributed by atoms with Gasteiger partial charge in [0, 0.05) is 6.54 Å². The molecule has 23 heavy (non-hydrogen) atoms. The molecule has 3 aromatic heterocycles. The summed E-state index contributed by atoms with van der Waals surface area (Å²) in [6.45, 7) is -0.118. The lowest BCUT2D eigenvalue weighted by Gasteiger charge is -2.15. The first kappa shape index (κ1) is 15.6. The molecule has 1 amide bonds. The van der Waals surface area contributed by atoms with Gasteiger partial charge in [0.1, 0.15) is 15.2 Å². The highest BCUT2D eigenvalue weighted by molar-refractivity contribution is 7.93. The van der Waals surface area contributed by atoms with E-state index in [-0.39, 0.29) is 22.3 Å². The summed E-state index contributed by atoms with van der Waals surface area (Å²) in [5.74, 6) is -0.0807. The first-order valence-electron chi connectivity index (χ1n) is 6.71. The minimum absolute atomic E-state index is 0.118. The maximum Gasteiger partial charge on any atom is 0.287 e. The Hall–Kier alpha value is -2.32. The van der Waals surface area contributed by atoms with Crippen LogP contribution >= 0.6 is 11.3 Å². The molecule has 0 fully saturated rings. The molecule has 1 N–H and O–H groups in total. The van der Waals surface area contributed by atoms with Crippen molar-refractivity contribution in [3.8, 4) is 0 Å². The summed E-state index contributed by atoms with van der Waals surface area (Å²) in [7, 11) is -3.67. The Morgan fingerprint density at radius 2 is 1.91 bits per heavy atom. The lowest BCUT2D eigenvalue weighted by Crippen LogP contribution is -2.31. The zero-order chi connectivity index (χ0) is 16.3. The van der Waals surface area contributed by atoms with Crippen molar-refractivity contribution in [3.63, 3.8) is 0 Å². The van der Waals surface area contributed by atoms with Crippen LogP contribution < -0.4 is 5.32 Å². The Kier molecular flexibility index (Phi) is 4.35. The molecule has 0 radical (unpaired) electrons. The molecule has 0 bridgehead atoms. The minimum Gasteiger partial charge on any atom is -0.468 e. The fourth-order valence-corrected chi connectivity index (χ4v) is 4.87. The predicted octanol–water partition coefficient (Wildman–Crippen LogP) is 2.88. The number of carbonyl (C=O) groups is 1. The van der Waals surface area contributed by atoms with Gasteiger partial charge in [-0.3, -0.25) is 4.79 Å². The molecule has 0 aliphatic rings. The van der Waals surface area contributed by atoms with Gasteiger partial charge in [0.05, 0.1) is 12.5 Å². The number of thiophene rings is 1. The Morgan fingerprint density at radius 1 is 1.13 bits per heavy atom. The van der Waals surface area contributed by atoms with E-state index in [2.05, 4.69) is 5.32 Å². The van der Waals surface area contributed by atoms with Crippen molar-refractivity contribution >= 4 is 27.1 Å². The second-order valence-corrected chi connectivity index (χ2v) is 7.97. The van der Waals surface area contributed by atoms with Gasteiger partial charge >= 0.3 is 0 Å². The third-order valence-electron chi connectivity index (χ3n) is 3.20. The largest absolute Gasteiger partial charge is 0.468 e. The first-order valence-corrected chi connectivity index (χ1v) is 9.14. The molecule has 3 aromatic rings. The Balaban J connectivity index is 1.84. The molecular weight excluding hydrogens is 338 g/mol. The van der Waals surface area contributed by atoms with E-state index < -0.39 is 21.0 Å². The van der Waals surface area contributed by atoms with Gasteiger partial charge in [-0.1, -0.05) is 6.07 Å². The van der Waals surface area contributed by atoms with Crippen molar-refractivity contribution in [2.75, 3.05) is 6.54 Å². The highest BCUT2D eigenvalue weighted by Gasteiger charge is 2.32. The van der Waals surface area contributed by atoms with Gasteiger partial charge in [0.15, 0.2) is 15.6 Å². The number of hydrogen-bond acceptors (Lipinski definition) is 6. The third kappa shape index (κ3) is 3.22. The summed E-state index contributed by atoms with van der Waals surface area (Å²) < 4.78 is 36.0. The Labute approximate surface area is 136 Å². The van der Waals surface area contributed by atoms with Crippen LogP contribution in [0.3, 0.4) is 0 Å². The number of carbonyl (C=O) groups excluding carboxylic acids is 1. The van der Waals surface area contributed by atoms with Crippen LogP contribution in [0, 0.1) is 0 Å². The summed E-state index contributed by atoms with van der Waals surface area (Å²) >= 11 is 1.13. The molecule has 1 atom stereocenters. The summed E-state index contributed by atoms with van der Waals surface area (Å²) in [6.07, 6.45) is 2.78. The van der Waals surface area contributed by atoms with Crippen LogP contribution in [0.4, 0.5) is 0 Å². The molecule has 0 saturated heterocycles. The van der Waals surface area contributed by atoms with E-state index in [1.165, 1.54) is 24.7 Å².